The van der Waals surface area contributed by atoms with E-state index < -0.39 is 6.03 Å². The lowest BCUT2D eigenvalue weighted by atomic mass is 9.90. The molecule has 13 heteroatoms. The minimum absolute atomic E-state index is 0.224. The van der Waals surface area contributed by atoms with Crippen LogP contribution >= 0.6 is 0 Å². The summed E-state index contributed by atoms with van der Waals surface area (Å²) in [5, 5.41) is 15.3. The van der Waals surface area contributed by atoms with Crippen molar-refractivity contribution in [2.45, 2.75) is 64.0 Å². The summed E-state index contributed by atoms with van der Waals surface area (Å²) in [6.07, 6.45) is 5.82. The maximum absolute atomic E-state index is 12.8. The quantitative estimate of drug-likeness (QED) is 0.282. The van der Waals surface area contributed by atoms with E-state index in [1.54, 1.807) is 19.2 Å². The molecular weight excluding hydrogens is 560 g/mol. The van der Waals surface area contributed by atoms with Crippen molar-refractivity contribution in [2.75, 3.05) is 56.7 Å². The maximum atomic E-state index is 12.8. The molecule has 1 aliphatic heterocycles. The molecule has 0 atom stereocenters. The molecule has 0 unspecified atom stereocenters. The first-order valence-corrected chi connectivity index (χ1v) is 15.3. The van der Waals surface area contributed by atoms with Gasteiger partial charge >= 0.3 is 6.03 Å². The molecule has 1 saturated carbocycles. The van der Waals surface area contributed by atoms with Crippen molar-refractivity contribution < 1.29 is 14.1 Å². The number of benzene rings is 1. The number of piperazine rings is 1. The molecule has 1 saturated heterocycles. The molecule has 4 aromatic rings. The third kappa shape index (κ3) is 6.06. The van der Waals surface area contributed by atoms with Crippen molar-refractivity contribution in [3.8, 4) is 17.0 Å². The molecule has 3 aromatic heterocycles. The third-order valence-corrected chi connectivity index (χ3v) is 8.80. The highest BCUT2D eigenvalue weighted by molar-refractivity contribution is 6.01. The average molecular weight is 603 g/mol. The second-order valence-corrected chi connectivity index (χ2v) is 12.9. The Balaban J connectivity index is 1.21. The lowest BCUT2D eigenvalue weighted by Gasteiger charge is -2.41. The van der Waals surface area contributed by atoms with Gasteiger partial charge in [0.05, 0.1) is 24.2 Å². The van der Waals surface area contributed by atoms with Gasteiger partial charge in [-0.25, -0.2) is 19.4 Å². The van der Waals surface area contributed by atoms with Gasteiger partial charge in [-0.05, 0) is 44.9 Å². The number of methoxy groups -OCH3 is 1. The highest BCUT2D eigenvalue weighted by Gasteiger charge is 2.31. The number of likely N-dealkylation sites (N-methyl/N-ethyl adjacent to an activating group) is 1. The van der Waals surface area contributed by atoms with Gasteiger partial charge in [0.15, 0.2) is 11.5 Å². The number of fused-ring (bicyclic) bond motifs is 1. The monoisotopic (exact) mass is 602 g/mol. The van der Waals surface area contributed by atoms with Crippen molar-refractivity contribution >= 4 is 34.4 Å². The van der Waals surface area contributed by atoms with E-state index in [2.05, 4.69) is 42.6 Å². The Morgan fingerprint density at radius 2 is 1.75 bits per heavy atom. The molecule has 4 N–H and O–H groups in total. The molecule has 13 nitrogen and oxygen atoms in total. The average Bonchev–Trinajstić information content (AvgIpc) is 3.64. The van der Waals surface area contributed by atoms with Crippen molar-refractivity contribution in [3.63, 3.8) is 0 Å². The molecule has 2 aliphatic rings. The van der Waals surface area contributed by atoms with Crippen LogP contribution in [0.25, 0.3) is 22.3 Å². The fraction of sp³-hybridized carbons (Fsp3) is 0.516. The van der Waals surface area contributed by atoms with Crippen LogP contribution in [0, 0.1) is 0 Å². The number of nitrogens with zero attached hydrogens (tertiary/aromatic N) is 7. The highest BCUT2D eigenvalue weighted by Crippen LogP contribution is 2.39. The lowest BCUT2D eigenvalue weighted by molar-refractivity contribution is 0.0815. The molecule has 44 heavy (non-hydrogen) atoms. The number of hydrogen-bond donors (Lipinski definition) is 3. The van der Waals surface area contributed by atoms with Crippen molar-refractivity contribution in [1.82, 2.24) is 34.7 Å². The molecule has 6 rings (SSSR count). The van der Waals surface area contributed by atoms with E-state index in [-0.39, 0.29) is 11.5 Å². The van der Waals surface area contributed by atoms with E-state index in [1.807, 2.05) is 37.6 Å². The Bertz CT molecular complexity index is 1630. The second-order valence-electron chi connectivity index (χ2n) is 12.9. The summed E-state index contributed by atoms with van der Waals surface area (Å²) in [6, 6.07) is 7.60. The minimum Gasteiger partial charge on any atom is -0.495 e. The van der Waals surface area contributed by atoms with Gasteiger partial charge in [0, 0.05) is 49.3 Å². The minimum atomic E-state index is -0.468. The molecule has 2 fully saturated rings. The number of rotatable bonds is 6. The largest absolute Gasteiger partial charge is 0.495 e. The topological polar surface area (TPSA) is 152 Å². The number of carbonyl (C=O) groups excluding carboxylic acids is 1. The van der Waals surface area contributed by atoms with Crippen LogP contribution in [0.3, 0.4) is 0 Å². The van der Waals surface area contributed by atoms with Gasteiger partial charge < -0.3 is 25.2 Å². The number of nitrogen functional groups attached to an aromatic ring is 1. The van der Waals surface area contributed by atoms with Crippen LogP contribution in [-0.4, -0.2) is 87.1 Å². The SMILES string of the molecule is COc1cc(-c2nn([C@H]3CC[C@H](N4CCN(C)CC4)CC3)c3ncnc(N)c23)ccc1NC(=O)Nc1cc(C(C)(C)C)on1. The second kappa shape index (κ2) is 12.0. The van der Waals surface area contributed by atoms with E-state index in [4.69, 9.17) is 20.1 Å². The summed E-state index contributed by atoms with van der Waals surface area (Å²) < 4.78 is 13.1. The van der Waals surface area contributed by atoms with Crippen molar-refractivity contribution in [2.24, 2.45) is 0 Å². The summed E-state index contributed by atoms with van der Waals surface area (Å²) in [4.78, 5) is 26.7. The van der Waals surface area contributed by atoms with Gasteiger partial charge in [-0.3, -0.25) is 10.2 Å². The summed E-state index contributed by atoms with van der Waals surface area (Å²) in [6.45, 7) is 10.6. The number of anilines is 3. The zero-order valence-electron chi connectivity index (χ0n) is 26.1. The molecule has 4 heterocycles. The van der Waals surface area contributed by atoms with Crippen LogP contribution in [0.5, 0.6) is 5.75 Å². The standard InChI is InChI=1S/C31H42N10O3/c1-31(2,3)24-17-25(38-44-24)36-30(42)35-22-11-6-19(16-23(22)43-5)27-26-28(32)33-18-34-29(26)41(37-27)21-9-7-20(8-10-21)40-14-12-39(4)13-15-40/h6,11,16-18,20-21H,7-10,12-15H2,1-5H3,(H2,32,33,34)(H2,35,36,38,42)/t20-,21-. The van der Waals surface area contributed by atoms with Crippen molar-refractivity contribution in [3.05, 3.63) is 36.4 Å². The smallest absolute Gasteiger partial charge is 0.325 e. The van der Waals surface area contributed by atoms with Gasteiger partial charge in [0.2, 0.25) is 0 Å². The molecule has 0 radical (unpaired) electrons. The van der Waals surface area contributed by atoms with E-state index in [1.165, 1.54) is 6.33 Å². The molecular formula is C31H42N10O3. The number of nitrogens with one attached hydrogen (secondary N) is 2. The Hall–Kier alpha value is -4.23. The number of aromatic nitrogens is 5. The zero-order valence-corrected chi connectivity index (χ0v) is 26.1. The van der Waals surface area contributed by atoms with Crippen LogP contribution < -0.4 is 21.1 Å². The number of carbonyl (C=O) groups is 1. The normalized spacial score (nSPS) is 20.1. The van der Waals surface area contributed by atoms with Crippen LogP contribution in [0.2, 0.25) is 0 Å². The van der Waals surface area contributed by atoms with Gasteiger partial charge in [-0.1, -0.05) is 32.0 Å². The lowest BCUT2D eigenvalue weighted by Crippen LogP contribution is -2.49. The fourth-order valence-electron chi connectivity index (χ4n) is 6.21. The Morgan fingerprint density at radius 1 is 1.02 bits per heavy atom. The maximum Gasteiger partial charge on any atom is 0.325 e. The van der Waals surface area contributed by atoms with Crippen LogP contribution in [0.1, 0.15) is 58.3 Å². The Morgan fingerprint density at radius 3 is 2.43 bits per heavy atom. The van der Waals surface area contributed by atoms with Gasteiger partial charge in [-0.2, -0.15) is 5.10 Å². The summed E-state index contributed by atoms with van der Waals surface area (Å²) in [5.41, 5.74) is 8.88. The van der Waals surface area contributed by atoms with Crippen LogP contribution in [-0.2, 0) is 5.41 Å². The first-order chi connectivity index (χ1) is 21.1. The number of amides is 2. The van der Waals surface area contributed by atoms with Gasteiger partial charge in [0.1, 0.15) is 29.3 Å². The predicted molar refractivity (Wildman–Crippen MR) is 170 cm³/mol. The molecule has 1 aliphatic carbocycles. The molecule has 1 aromatic carbocycles. The highest BCUT2D eigenvalue weighted by atomic mass is 16.5. The van der Waals surface area contributed by atoms with Gasteiger partial charge in [-0.15, -0.1) is 0 Å². The summed E-state index contributed by atoms with van der Waals surface area (Å²) in [7, 11) is 3.75. The van der Waals surface area contributed by atoms with Crippen LogP contribution in [0.15, 0.2) is 35.1 Å². The molecule has 2 amide bonds. The number of urea groups is 1. The van der Waals surface area contributed by atoms with E-state index in [0.29, 0.717) is 40.6 Å². The number of nitrogens with two attached hydrogens (primary N) is 1. The first-order valence-electron chi connectivity index (χ1n) is 15.3. The van der Waals surface area contributed by atoms with Crippen LogP contribution in [0.4, 0.5) is 22.1 Å². The number of hydrogen-bond acceptors (Lipinski definition) is 10. The first kappa shape index (κ1) is 29.8. The summed E-state index contributed by atoms with van der Waals surface area (Å²) >= 11 is 0. The molecule has 0 bridgehead atoms. The van der Waals surface area contributed by atoms with Crippen molar-refractivity contribution in [1.29, 1.82) is 0 Å². The van der Waals surface area contributed by atoms with E-state index in [9.17, 15) is 4.79 Å². The number of ether oxygens (including phenoxy) is 1. The molecule has 234 valence electrons. The Labute approximate surface area is 257 Å². The summed E-state index contributed by atoms with van der Waals surface area (Å²) in [5.74, 6) is 1.85. The fourth-order valence-corrected chi connectivity index (χ4v) is 6.21. The third-order valence-electron chi connectivity index (χ3n) is 8.80. The van der Waals surface area contributed by atoms with E-state index in [0.717, 1.165) is 68.5 Å². The molecule has 0 spiro atoms. The predicted octanol–water partition coefficient (Wildman–Crippen LogP) is 4.74. The zero-order chi connectivity index (χ0) is 31.0. The van der Waals surface area contributed by atoms with E-state index >= 15 is 0 Å². The van der Waals surface area contributed by atoms with Gasteiger partial charge in [0.25, 0.3) is 0 Å². The Kier molecular flexibility index (Phi) is 8.16.